The third-order valence-electron chi connectivity index (χ3n) is 4.87. The van der Waals surface area contributed by atoms with E-state index in [0.717, 1.165) is 24.4 Å². The number of hydrogen-bond acceptors (Lipinski definition) is 5. The second kappa shape index (κ2) is 7.26. The van der Waals surface area contributed by atoms with E-state index in [1.165, 1.54) is 10.4 Å². The van der Waals surface area contributed by atoms with Crippen LogP contribution in [0.15, 0.2) is 48.6 Å². The quantitative estimate of drug-likeness (QED) is 0.486. The van der Waals surface area contributed by atoms with Gasteiger partial charge in [0.2, 0.25) is 0 Å². The molecule has 4 rings (SSSR count). The molecule has 0 amide bonds. The SMILES string of the molecule is C=CCn1c(-c2cccnc2)nn(CN2CCc3sccc3[C@H]2C)c1=S. The zero-order valence-electron chi connectivity index (χ0n) is 14.7. The van der Waals surface area contributed by atoms with Crippen molar-refractivity contribution in [1.29, 1.82) is 0 Å². The van der Waals surface area contributed by atoms with Crippen LogP contribution in [-0.2, 0) is 19.6 Å². The summed E-state index contributed by atoms with van der Waals surface area (Å²) in [6.07, 6.45) is 6.53. The summed E-state index contributed by atoms with van der Waals surface area (Å²) >= 11 is 7.58. The van der Waals surface area contributed by atoms with Crippen molar-refractivity contribution in [2.24, 2.45) is 0 Å². The molecule has 0 unspecified atom stereocenters. The number of allylic oxidation sites excluding steroid dienone is 1. The molecular formula is C19H21N5S2. The first-order chi connectivity index (χ1) is 12.7. The molecule has 3 aromatic rings. The number of hydrogen-bond donors (Lipinski definition) is 0. The third-order valence-corrected chi connectivity index (χ3v) is 6.30. The Morgan fingerprint density at radius 1 is 1.42 bits per heavy atom. The minimum atomic E-state index is 0.373. The topological polar surface area (TPSA) is 38.9 Å². The molecule has 1 aliphatic rings. The van der Waals surface area contributed by atoms with Gasteiger partial charge in [0.05, 0.1) is 6.67 Å². The van der Waals surface area contributed by atoms with Crippen LogP contribution in [-0.4, -0.2) is 30.8 Å². The summed E-state index contributed by atoms with van der Waals surface area (Å²) in [5.41, 5.74) is 2.40. The number of thiophene rings is 1. The van der Waals surface area contributed by atoms with E-state index in [1.54, 1.807) is 6.20 Å². The molecule has 0 spiro atoms. The maximum Gasteiger partial charge on any atom is 0.199 e. The van der Waals surface area contributed by atoms with Crippen LogP contribution in [0.25, 0.3) is 11.4 Å². The molecule has 1 aliphatic heterocycles. The minimum Gasteiger partial charge on any atom is -0.296 e. The molecule has 0 N–H and O–H groups in total. The van der Waals surface area contributed by atoms with Crippen molar-refractivity contribution in [2.75, 3.05) is 6.54 Å². The van der Waals surface area contributed by atoms with Gasteiger partial charge in [-0.25, -0.2) is 4.68 Å². The van der Waals surface area contributed by atoms with Crippen molar-refractivity contribution in [3.63, 3.8) is 0 Å². The molecule has 0 saturated heterocycles. The smallest absolute Gasteiger partial charge is 0.199 e. The van der Waals surface area contributed by atoms with Crippen LogP contribution >= 0.6 is 23.6 Å². The number of aromatic nitrogens is 4. The average molecular weight is 384 g/mol. The molecule has 7 heteroatoms. The van der Waals surface area contributed by atoms with Crippen molar-refractivity contribution < 1.29 is 0 Å². The van der Waals surface area contributed by atoms with Gasteiger partial charge in [-0.2, -0.15) is 5.10 Å². The predicted octanol–water partition coefficient (Wildman–Crippen LogP) is 4.30. The van der Waals surface area contributed by atoms with Gasteiger partial charge in [-0.05, 0) is 54.7 Å². The van der Waals surface area contributed by atoms with E-state index in [2.05, 4.69) is 34.8 Å². The first kappa shape index (κ1) is 17.3. The summed E-state index contributed by atoms with van der Waals surface area (Å²) in [5.74, 6) is 0.837. The second-order valence-electron chi connectivity index (χ2n) is 6.43. The van der Waals surface area contributed by atoms with E-state index in [0.29, 0.717) is 24.0 Å². The van der Waals surface area contributed by atoms with Gasteiger partial charge in [0, 0.05) is 42.0 Å². The van der Waals surface area contributed by atoms with Crippen LogP contribution in [0, 0.1) is 4.77 Å². The summed E-state index contributed by atoms with van der Waals surface area (Å²) in [7, 11) is 0. The minimum absolute atomic E-state index is 0.373. The van der Waals surface area contributed by atoms with Crippen molar-refractivity contribution in [3.05, 3.63) is 63.8 Å². The van der Waals surface area contributed by atoms with Gasteiger partial charge in [0.1, 0.15) is 0 Å². The van der Waals surface area contributed by atoms with Crippen LogP contribution in [0.2, 0.25) is 0 Å². The van der Waals surface area contributed by atoms with E-state index in [1.807, 2.05) is 45.0 Å². The summed E-state index contributed by atoms with van der Waals surface area (Å²) in [6.45, 7) is 8.46. The van der Waals surface area contributed by atoms with Crippen LogP contribution < -0.4 is 0 Å². The fraction of sp³-hybridized carbons (Fsp3) is 0.316. The highest BCUT2D eigenvalue weighted by atomic mass is 32.1. The molecule has 4 heterocycles. The van der Waals surface area contributed by atoms with Gasteiger partial charge in [0.15, 0.2) is 10.6 Å². The number of nitrogens with zero attached hydrogens (tertiary/aromatic N) is 5. The van der Waals surface area contributed by atoms with E-state index >= 15 is 0 Å². The number of fused-ring (bicyclic) bond motifs is 1. The number of pyridine rings is 1. The van der Waals surface area contributed by atoms with E-state index in [-0.39, 0.29) is 0 Å². The first-order valence-corrected chi connectivity index (χ1v) is 9.97. The van der Waals surface area contributed by atoms with Crippen LogP contribution in [0.1, 0.15) is 23.4 Å². The lowest BCUT2D eigenvalue weighted by molar-refractivity contribution is 0.144. The Morgan fingerprint density at radius 2 is 2.31 bits per heavy atom. The third kappa shape index (κ3) is 3.06. The maximum atomic E-state index is 5.72. The molecule has 1 atom stereocenters. The zero-order valence-corrected chi connectivity index (χ0v) is 16.3. The molecule has 0 bridgehead atoms. The molecular weight excluding hydrogens is 362 g/mol. The van der Waals surface area contributed by atoms with Gasteiger partial charge in [0.25, 0.3) is 0 Å². The molecule has 0 fully saturated rings. The molecule has 0 aromatic carbocycles. The van der Waals surface area contributed by atoms with Crippen LogP contribution in [0.5, 0.6) is 0 Å². The van der Waals surface area contributed by atoms with Gasteiger partial charge in [-0.15, -0.1) is 17.9 Å². The summed E-state index contributed by atoms with van der Waals surface area (Å²) in [6, 6.07) is 6.54. The summed E-state index contributed by atoms with van der Waals surface area (Å²) in [5, 5.41) is 7.01. The van der Waals surface area contributed by atoms with Gasteiger partial charge < -0.3 is 0 Å². The van der Waals surface area contributed by atoms with Crippen molar-refractivity contribution >= 4 is 23.6 Å². The molecule has 0 saturated carbocycles. The van der Waals surface area contributed by atoms with Crippen LogP contribution in [0.4, 0.5) is 0 Å². The zero-order chi connectivity index (χ0) is 18.1. The summed E-state index contributed by atoms with van der Waals surface area (Å²) < 4.78 is 4.66. The Bertz CT molecular complexity index is 969. The summed E-state index contributed by atoms with van der Waals surface area (Å²) in [4.78, 5) is 8.16. The average Bonchev–Trinajstić information content (AvgIpc) is 3.26. The molecule has 5 nitrogen and oxygen atoms in total. The molecule has 0 radical (unpaired) electrons. The Morgan fingerprint density at radius 3 is 3.08 bits per heavy atom. The standard InChI is InChI=1S/C19H21N5S2/c1-3-9-23-18(15-5-4-8-20-12-15)21-24(19(23)25)13-22-10-6-17-16(14(22)2)7-11-26-17/h3-5,7-8,11-12,14H,1,6,9-10,13H2,2H3/t14-/m1/s1. The van der Waals surface area contributed by atoms with Crippen molar-refractivity contribution in [1.82, 2.24) is 24.2 Å². The van der Waals surface area contributed by atoms with E-state index in [4.69, 9.17) is 17.3 Å². The highest BCUT2D eigenvalue weighted by Gasteiger charge is 2.25. The highest BCUT2D eigenvalue weighted by molar-refractivity contribution is 7.71. The Balaban J connectivity index is 1.67. The van der Waals surface area contributed by atoms with E-state index < -0.39 is 0 Å². The fourth-order valence-corrected chi connectivity index (χ4v) is 4.68. The molecule has 3 aromatic heterocycles. The first-order valence-electron chi connectivity index (χ1n) is 8.68. The highest BCUT2D eigenvalue weighted by Crippen LogP contribution is 2.33. The maximum absolute atomic E-state index is 5.72. The predicted molar refractivity (Wildman–Crippen MR) is 108 cm³/mol. The molecule has 0 aliphatic carbocycles. The fourth-order valence-electron chi connectivity index (χ4n) is 3.46. The normalized spacial score (nSPS) is 17.2. The number of rotatable bonds is 5. The van der Waals surface area contributed by atoms with Gasteiger partial charge in [-0.1, -0.05) is 6.08 Å². The lowest BCUT2D eigenvalue weighted by atomic mass is 10.0. The van der Waals surface area contributed by atoms with Crippen molar-refractivity contribution in [2.45, 2.75) is 32.6 Å². The monoisotopic (exact) mass is 383 g/mol. The largest absolute Gasteiger partial charge is 0.296 e. The Hall–Kier alpha value is -2.09. The van der Waals surface area contributed by atoms with Crippen molar-refractivity contribution in [3.8, 4) is 11.4 Å². The van der Waals surface area contributed by atoms with Crippen LogP contribution in [0.3, 0.4) is 0 Å². The lowest BCUT2D eigenvalue weighted by Gasteiger charge is -2.33. The van der Waals surface area contributed by atoms with Gasteiger partial charge in [-0.3, -0.25) is 14.5 Å². The molecule has 134 valence electrons. The molecule has 26 heavy (non-hydrogen) atoms. The van der Waals surface area contributed by atoms with E-state index in [9.17, 15) is 0 Å². The Kier molecular flexibility index (Phi) is 4.84. The van der Waals surface area contributed by atoms with Gasteiger partial charge >= 0.3 is 0 Å². The lowest BCUT2D eigenvalue weighted by Crippen LogP contribution is -2.35. The Labute approximate surface area is 162 Å². The second-order valence-corrected chi connectivity index (χ2v) is 7.79.